The van der Waals surface area contributed by atoms with Gasteiger partial charge in [-0.1, -0.05) is 36.1 Å². The second-order valence-corrected chi connectivity index (χ2v) is 3.73. The predicted molar refractivity (Wildman–Crippen MR) is 70.6 cm³/mol. The quantitative estimate of drug-likeness (QED) is 0.621. The number of aldehydes is 1. The zero-order valence-electron chi connectivity index (χ0n) is 10.1. The molecule has 0 aliphatic carbocycles. The largest absolute Gasteiger partial charge is 0.480 e. The van der Waals surface area contributed by atoms with Gasteiger partial charge in [-0.2, -0.15) is 0 Å². The van der Waals surface area contributed by atoms with Gasteiger partial charge in [0.05, 0.1) is 11.1 Å². The number of rotatable bonds is 3. The molecule has 0 saturated heterocycles. The molecule has 2 aromatic rings. The van der Waals surface area contributed by atoms with E-state index in [1.165, 1.54) is 6.07 Å². The van der Waals surface area contributed by atoms with E-state index < -0.39 is 0 Å². The lowest BCUT2D eigenvalue weighted by atomic mass is 10.2. The summed E-state index contributed by atoms with van der Waals surface area (Å²) < 4.78 is 18.6. The molecule has 0 atom stereocenters. The highest BCUT2D eigenvalue weighted by Gasteiger charge is 1.99. The van der Waals surface area contributed by atoms with Gasteiger partial charge in [0.2, 0.25) is 0 Å². The van der Waals surface area contributed by atoms with E-state index in [-0.39, 0.29) is 12.4 Å². The SMILES string of the molecule is O=Cc1ccccc1OCC#Cc1ccccc1F. The Kier molecular flexibility index (Phi) is 4.30. The van der Waals surface area contributed by atoms with Crippen molar-refractivity contribution in [2.24, 2.45) is 0 Å². The van der Waals surface area contributed by atoms with E-state index in [0.717, 1.165) is 6.29 Å². The fourth-order valence-corrected chi connectivity index (χ4v) is 1.52. The lowest BCUT2D eigenvalue weighted by molar-refractivity contribution is 0.112. The first-order valence-electron chi connectivity index (χ1n) is 5.71. The number of carbonyl (C=O) groups excluding carboxylic acids is 1. The van der Waals surface area contributed by atoms with Gasteiger partial charge in [0.15, 0.2) is 6.29 Å². The molecule has 0 fully saturated rings. The molecule has 3 heteroatoms. The zero-order valence-corrected chi connectivity index (χ0v) is 10.1. The van der Waals surface area contributed by atoms with Crippen LogP contribution in [0.25, 0.3) is 0 Å². The minimum Gasteiger partial charge on any atom is -0.480 e. The predicted octanol–water partition coefficient (Wildman–Crippen LogP) is 3.07. The van der Waals surface area contributed by atoms with Crippen LogP contribution in [0.4, 0.5) is 4.39 Å². The molecule has 0 bridgehead atoms. The Morgan fingerprint density at radius 1 is 1.11 bits per heavy atom. The number of ether oxygens (including phenoxy) is 1. The lowest BCUT2D eigenvalue weighted by Gasteiger charge is -2.03. The Labute approximate surface area is 110 Å². The van der Waals surface area contributed by atoms with Crippen LogP contribution in [0, 0.1) is 17.7 Å². The van der Waals surface area contributed by atoms with E-state index in [9.17, 15) is 9.18 Å². The highest BCUT2D eigenvalue weighted by Crippen LogP contribution is 2.15. The monoisotopic (exact) mass is 254 g/mol. The van der Waals surface area contributed by atoms with Crippen LogP contribution in [0.1, 0.15) is 15.9 Å². The summed E-state index contributed by atoms with van der Waals surface area (Å²) in [5, 5.41) is 0. The summed E-state index contributed by atoms with van der Waals surface area (Å²) >= 11 is 0. The number of hydrogen-bond acceptors (Lipinski definition) is 2. The van der Waals surface area contributed by atoms with Crippen LogP contribution in [-0.2, 0) is 0 Å². The smallest absolute Gasteiger partial charge is 0.153 e. The van der Waals surface area contributed by atoms with E-state index >= 15 is 0 Å². The molecule has 0 spiro atoms. The zero-order chi connectivity index (χ0) is 13.5. The van der Waals surface area contributed by atoms with Gasteiger partial charge >= 0.3 is 0 Å². The van der Waals surface area contributed by atoms with Crippen molar-refractivity contribution < 1.29 is 13.9 Å². The lowest BCUT2D eigenvalue weighted by Crippen LogP contribution is -1.97. The normalized spacial score (nSPS) is 9.32. The molecule has 0 amide bonds. The summed E-state index contributed by atoms with van der Waals surface area (Å²) in [4.78, 5) is 10.8. The van der Waals surface area contributed by atoms with Crippen molar-refractivity contribution in [1.29, 1.82) is 0 Å². The van der Waals surface area contributed by atoms with Gasteiger partial charge in [0.1, 0.15) is 18.2 Å². The molecule has 94 valence electrons. The maximum Gasteiger partial charge on any atom is 0.153 e. The van der Waals surface area contributed by atoms with Crippen molar-refractivity contribution >= 4 is 6.29 Å². The van der Waals surface area contributed by atoms with E-state index in [1.54, 1.807) is 42.5 Å². The van der Waals surface area contributed by atoms with Crippen molar-refractivity contribution in [1.82, 2.24) is 0 Å². The molecular formula is C16H11FO2. The van der Waals surface area contributed by atoms with Gasteiger partial charge < -0.3 is 4.74 Å². The summed E-state index contributed by atoms with van der Waals surface area (Å²) in [5.74, 6) is 5.51. The molecule has 2 aromatic carbocycles. The van der Waals surface area contributed by atoms with Crippen molar-refractivity contribution in [3.8, 4) is 17.6 Å². The number of benzene rings is 2. The summed E-state index contributed by atoms with van der Waals surface area (Å²) in [6.07, 6.45) is 0.722. The van der Waals surface area contributed by atoms with E-state index in [1.807, 2.05) is 0 Å². The minimum absolute atomic E-state index is 0.0964. The van der Waals surface area contributed by atoms with E-state index in [0.29, 0.717) is 16.9 Å². The van der Waals surface area contributed by atoms with Crippen LogP contribution in [0.5, 0.6) is 5.75 Å². The Hall–Kier alpha value is -2.60. The number of hydrogen-bond donors (Lipinski definition) is 0. The maximum absolute atomic E-state index is 13.3. The topological polar surface area (TPSA) is 26.3 Å². The molecule has 0 aromatic heterocycles. The van der Waals surface area contributed by atoms with Crippen LogP contribution in [0.3, 0.4) is 0 Å². The number of carbonyl (C=O) groups is 1. The molecule has 0 aliphatic heterocycles. The van der Waals surface area contributed by atoms with Gasteiger partial charge in [0.25, 0.3) is 0 Å². The van der Waals surface area contributed by atoms with E-state index in [4.69, 9.17) is 4.74 Å². The highest BCUT2D eigenvalue weighted by molar-refractivity contribution is 5.79. The third-order valence-electron chi connectivity index (χ3n) is 2.44. The second-order valence-electron chi connectivity index (χ2n) is 3.73. The molecule has 0 N–H and O–H groups in total. The fourth-order valence-electron chi connectivity index (χ4n) is 1.52. The summed E-state index contributed by atoms with van der Waals surface area (Å²) in [6.45, 7) is 0.0964. The molecule has 0 unspecified atom stereocenters. The van der Waals surface area contributed by atoms with Crippen molar-refractivity contribution in [3.63, 3.8) is 0 Å². The first-order chi connectivity index (χ1) is 9.31. The standard InChI is InChI=1S/C16H11FO2/c17-15-9-3-1-6-13(15)8-5-11-19-16-10-4-2-7-14(16)12-18/h1-4,6-7,9-10,12H,11H2. The second kappa shape index (κ2) is 6.36. The first-order valence-corrected chi connectivity index (χ1v) is 5.71. The van der Waals surface area contributed by atoms with Crippen LogP contribution in [-0.4, -0.2) is 12.9 Å². The summed E-state index contributed by atoms with van der Waals surface area (Å²) in [6, 6.07) is 13.1. The van der Waals surface area contributed by atoms with Crippen molar-refractivity contribution in [2.45, 2.75) is 0 Å². The van der Waals surface area contributed by atoms with Crippen LogP contribution in [0.15, 0.2) is 48.5 Å². The molecule has 19 heavy (non-hydrogen) atoms. The van der Waals surface area contributed by atoms with E-state index in [2.05, 4.69) is 11.8 Å². The number of halogens is 1. The van der Waals surface area contributed by atoms with Crippen LogP contribution in [0.2, 0.25) is 0 Å². The fraction of sp³-hybridized carbons (Fsp3) is 0.0625. The number of para-hydroxylation sites is 1. The van der Waals surface area contributed by atoms with Crippen LogP contribution >= 0.6 is 0 Å². The molecule has 0 heterocycles. The molecule has 2 nitrogen and oxygen atoms in total. The Morgan fingerprint density at radius 2 is 1.84 bits per heavy atom. The third-order valence-corrected chi connectivity index (χ3v) is 2.44. The van der Waals surface area contributed by atoms with Gasteiger partial charge in [0, 0.05) is 0 Å². The van der Waals surface area contributed by atoms with Gasteiger partial charge in [-0.15, -0.1) is 0 Å². The van der Waals surface area contributed by atoms with Gasteiger partial charge in [-0.25, -0.2) is 4.39 Å². The third kappa shape index (κ3) is 3.43. The summed E-state index contributed by atoms with van der Waals surface area (Å²) in [7, 11) is 0. The highest BCUT2D eigenvalue weighted by atomic mass is 19.1. The van der Waals surface area contributed by atoms with Crippen LogP contribution < -0.4 is 4.74 Å². The first kappa shape index (κ1) is 12.8. The Bertz CT molecular complexity index is 638. The average Bonchev–Trinajstić information content (AvgIpc) is 2.45. The van der Waals surface area contributed by atoms with Gasteiger partial charge in [-0.3, -0.25) is 4.79 Å². The Balaban J connectivity index is 2.02. The average molecular weight is 254 g/mol. The minimum atomic E-state index is -0.358. The van der Waals surface area contributed by atoms with Crippen molar-refractivity contribution in [2.75, 3.05) is 6.61 Å². The molecule has 0 saturated carbocycles. The maximum atomic E-state index is 13.3. The molecule has 2 rings (SSSR count). The molecule has 0 radical (unpaired) electrons. The van der Waals surface area contributed by atoms with Gasteiger partial charge in [-0.05, 0) is 24.3 Å². The Morgan fingerprint density at radius 3 is 2.63 bits per heavy atom. The van der Waals surface area contributed by atoms with Crippen molar-refractivity contribution in [3.05, 3.63) is 65.5 Å². The molecular weight excluding hydrogens is 243 g/mol. The molecule has 0 aliphatic rings. The summed E-state index contributed by atoms with van der Waals surface area (Å²) in [5.41, 5.74) is 0.796.